The van der Waals surface area contributed by atoms with E-state index in [1.165, 1.54) is 10.5 Å². The molecule has 0 radical (unpaired) electrons. The number of hydrogen-bond donors (Lipinski definition) is 2. The molecule has 2 N–H and O–H groups in total. The Morgan fingerprint density at radius 1 is 1.37 bits per heavy atom. The molecule has 2 rings (SSSR count). The molecular weight excluding hydrogens is 256 g/mol. The van der Waals surface area contributed by atoms with E-state index in [-0.39, 0.29) is 18.0 Å². The van der Waals surface area contributed by atoms with E-state index in [9.17, 15) is 4.79 Å². The van der Waals surface area contributed by atoms with E-state index in [1.54, 1.807) is 0 Å². The van der Waals surface area contributed by atoms with Gasteiger partial charge in [0.05, 0.1) is 6.04 Å². The maximum Gasteiger partial charge on any atom is 0.237 e. The van der Waals surface area contributed by atoms with Gasteiger partial charge in [-0.05, 0) is 32.4 Å². The summed E-state index contributed by atoms with van der Waals surface area (Å²) >= 11 is 1.91. The smallest absolute Gasteiger partial charge is 0.237 e. The number of carbonyl (C=O) groups is 1. The van der Waals surface area contributed by atoms with E-state index in [1.807, 2.05) is 32.5 Å². The molecule has 4 heteroatoms. The van der Waals surface area contributed by atoms with Gasteiger partial charge in [-0.15, -0.1) is 11.8 Å². The number of fused-ring (bicyclic) bond motifs is 1. The minimum absolute atomic E-state index is 0.0777. The maximum absolute atomic E-state index is 11.8. The first-order chi connectivity index (χ1) is 9.08. The zero-order valence-electron chi connectivity index (χ0n) is 11.8. The number of rotatable bonds is 5. The predicted molar refractivity (Wildman–Crippen MR) is 80.7 cm³/mol. The van der Waals surface area contributed by atoms with E-state index < -0.39 is 0 Å². The van der Waals surface area contributed by atoms with Gasteiger partial charge in [-0.1, -0.05) is 18.2 Å². The van der Waals surface area contributed by atoms with Crippen LogP contribution in [0.4, 0.5) is 0 Å². The summed E-state index contributed by atoms with van der Waals surface area (Å²) in [5, 5.41) is 6.28. The van der Waals surface area contributed by atoms with Gasteiger partial charge in [0.15, 0.2) is 0 Å². The van der Waals surface area contributed by atoms with Gasteiger partial charge in [0.25, 0.3) is 0 Å². The fourth-order valence-electron chi connectivity index (χ4n) is 2.22. The summed E-state index contributed by atoms with van der Waals surface area (Å²) in [7, 11) is 0. The molecule has 0 spiro atoms. The lowest BCUT2D eigenvalue weighted by molar-refractivity contribution is -0.123. The summed E-state index contributed by atoms with van der Waals surface area (Å²) < 4.78 is 0. The Hall–Kier alpha value is -1.00. The van der Waals surface area contributed by atoms with Crippen LogP contribution in [0.5, 0.6) is 0 Å². The van der Waals surface area contributed by atoms with Gasteiger partial charge in [0.2, 0.25) is 5.91 Å². The minimum atomic E-state index is -0.139. The predicted octanol–water partition coefficient (Wildman–Crippen LogP) is 2.38. The lowest BCUT2D eigenvalue weighted by Gasteiger charge is -2.18. The monoisotopic (exact) mass is 278 g/mol. The van der Waals surface area contributed by atoms with Crippen LogP contribution in [0.3, 0.4) is 0 Å². The molecule has 1 aromatic rings. The van der Waals surface area contributed by atoms with Crippen molar-refractivity contribution in [1.29, 1.82) is 0 Å². The Balaban J connectivity index is 1.85. The third-order valence-electron chi connectivity index (χ3n) is 3.29. The minimum Gasteiger partial charge on any atom is -0.353 e. The highest BCUT2D eigenvalue weighted by Gasteiger charge is 2.23. The van der Waals surface area contributed by atoms with Crippen molar-refractivity contribution in [3.05, 3.63) is 29.8 Å². The third kappa shape index (κ3) is 3.74. The van der Waals surface area contributed by atoms with Gasteiger partial charge in [-0.2, -0.15) is 0 Å². The molecule has 0 bridgehead atoms. The fraction of sp³-hybridized carbons (Fsp3) is 0.533. The van der Waals surface area contributed by atoms with Gasteiger partial charge in [-0.3, -0.25) is 4.79 Å². The molecule has 19 heavy (non-hydrogen) atoms. The van der Waals surface area contributed by atoms with Crippen LogP contribution in [-0.4, -0.2) is 30.3 Å². The first-order valence-corrected chi connectivity index (χ1v) is 7.82. The molecule has 0 saturated heterocycles. The number of nitrogens with one attached hydrogen (secondary N) is 2. The first-order valence-electron chi connectivity index (χ1n) is 6.83. The number of hydrogen-bond acceptors (Lipinski definition) is 3. The van der Waals surface area contributed by atoms with Gasteiger partial charge < -0.3 is 10.6 Å². The van der Waals surface area contributed by atoms with Gasteiger partial charge >= 0.3 is 0 Å². The summed E-state index contributed by atoms with van der Waals surface area (Å²) in [6.07, 6.45) is 0. The molecule has 0 aromatic heterocycles. The number of amides is 1. The van der Waals surface area contributed by atoms with Crippen molar-refractivity contribution in [1.82, 2.24) is 10.6 Å². The highest BCUT2D eigenvalue weighted by Crippen LogP contribution is 2.38. The molecule has 0 fully saturated rings. The Morgan fingerprint density at radius 3 is 2.84 bits per heavy atom. The Morgan fingerprint density at radius 2 is 2.11 bits per heavy atom. The number of carbonyl (C=O) groups excluding carboxylic acids is 1. The van der Waals surface area contributed by atoms with Crippen molar-refractivity contribution in [3.8, 4) is 0 Å². The molecule has 104 valence electrons. The van der Waals surface area contributed by atoms with Gasteiger partial charge in [0, 0.05) is 29.2 Å². The van der Waals surface area contributed by atoms with Crippen molar-refractivity contribution < 1.29 is 4.79 Å². The van der Waals surface area contributed by atoms with Crippen molar-refractivity contribution in [2.45, 2.75) is 43.7 Å². The largest absolute Gasteiger partial charge is 0.353 e. The highest BCUT2D eigenvalue weighted by atomic mass is 32.2. The van der Waals surface area contributed by atoms with Gasteiger partial charge in [0.1, 0.15) is 0 Å². The average Bonchev–Trinajstić information content (AvgIpc) is 2.78. The van der Waals surface area contributed by atoms with Crippen molar-refractivity contribution in [3.63, 3.8) is 0 Å². The molecule has 2 atom stereocenters. The SMILES string of the molecule is CC(C)NC(=O)C(C)NCC1CSc2ccccc21. The molecule has 3 nitrogen and oxygen atoms in total. The standard InChI is InChI=1S/C15H22N2OS/c1-10(2)17-15(18)11(3)16-8-12-9-19-14-7-5-4-6-13(12)14/h4-7,10-12,16H,8-9H2,1-3H3,(H,17,18). The molecule has 1 aliphatic heterocycles. The van der Waals surface area contributed by atoms with Crippen LogP contribution in [0.1, 0.15) is 32.3 Å². The van der Waals surface area contributed by atoms with Crippen LogP contribution in [0.15, 0.2) is 29.2 Å². The lowest BCUT2D eigenvalue weighted by atomic mass is 10.0. The topological polar surface area (TPSA) is 41.1 Å². The Bertz CT molecular complexity index is 448. The highest BCUT2D eigenvalue weighted by molar-refractivity contribution is 7.99. The molecule has 1 aliphatic rings. The van der Waals surface area contributed by atoms with Crippen LogP contribution in [0.2, 0.25) is 0 Å². The zero-order valence-corrected chi connectivity index (χ0v) is 12.6. The van der Waals surface area contributed by atoms with E-state index >= 15 is 0 Å². The lowest BCUT2D eigenvalue weighted by Crippen LogP contribution is -2.45. The van der Waals surface area contributed by atoms with Crippen LogP contribution in [-0.2, 0) is 4.79 Å². The number of thioether (sulfide) groups is 1. The van der Waals surface area contributed by atoms with E-state index in [4.69, 9.17) is 0 Å². The van der Waals surface area contributed by atoms with E-state index in [2.05, 4.69) is 34.9 Å². The van der Waals surface area contributed by atoms with Crippen LogP contribution in [0, 0.1) is 0 Å². The Kier molecular flexibility index (Phi) is 4.88. The molecular formula is C15H22N2OS. The molecule has 0 aliphatic carbocycles. The fourth-order valence-corrected chi connectivity index (χ4v) is 3.47. The zero-order chi connectivity index (χ0) is 13.8. The summed E-state index contributed by atoms with van der Waals surface area (Å²) in [6, 6.07) is 8.60. The second kappa shape index (κ2) is 6.44. The summed E-state index contributed by atoms with van der Waals surface area (Å²) in [5.74, 6) is 1.69. The number of benzene rings is 1. The summed E-state index contributed by atoms with van der Waals surface area (Å²) in [6.45, 7) is 6.74. The van der Waals surface area contributed by atoms with E-state index in [0.717, 1.165) is 12.3 Å². The second-order valence-corrected chi connectivity index (χ2v) is 6.40. The van der Waals surface area contributed by atoms with Crippen molar-refractivity contribution in [2.24, 2.45) is 0 Å². The summed E-state index contributed by atoms with van der Waals surface area (Å²) in [4.78, 5) is 13.2. The second-order valence-electron chi connectivity index (χ2n) is 5.34. The third-order valence-corrected chi connectivity index (χ3v) is 4.55. The molecule has 0 saturated carbocycles. The van der Waals surface area contributed by atoms with Crippen molar-refractivity contribution >= 4 is 17.7 Å². The van der Waals surface area contributed by atoms with Gasteiger partial charge in [-0.25, -0.2) is 0 Å². The van der Waals surface area contributed by atoms with Crippen LogP contribution < -0.4 is 10.6 Å². The van der Waals surface area contributed by atoms with Crippen LogP contribution in [0.25, 0.3) is 0 Å². The Labute approximate surface area is 119 Å². The molecule has 2 unspecified atom stereocenters. The quantitative estimate of drug-likeness (QED) is 0.869. The average molecular weight is 278 g/mol. The van der Waals surface area contributed by atoms with E-state index in [0.29, 0.717) is 5.92 Å². The molecule has 1 amide bonds. The molecule has 1 aromatic carbocycles. The first kappa shape index (κ1) is 14.4. The van der Waals surface area contributed by atoms with Crippen molar-refractivity contribution in [2.75, 3.05) is 12.3 Å². The summed E-state index contributed by atoms with van der Waals surface area (Å²) in [5.41, 5.74) is 1.41. The normalized spacial score (nSPS) is 19.3. The molecule has 1 heterocycles. The maximum atomic E-state index is 11.8. The van der Waals surface area contributed by atoms with Crippen LogP contribution >= 0.6 is 11.8 Å².